The molecule has 2 rings (SSSR count). The molecule has 1 aromatic carbocycles. The Balaban J connectivity index is 2.24. The summed E-state index contributed by atoms with van der Waals surface area (Å²) in [7, 11) is 1.82. The van der Waals surface area contributed by atoms with E-state index in [1.165, 1.54) is 11.9 Å². The zero-order valence-electron chi connectivity index (χ0n) is 15.7. The Labute approximate surface area is 154 Å². The van der Waals surface area contributed by atoms with Crippen LogP contribution in [0.1, 0.15) is 45.1 Å². The number of aromatic nitrogens is 2. The van der Waals surface area contributed by atoms with Crippen LogP contribution >= 0.6 is 0 Å². The van der Waals surface area contributed by atoms with E-state index in [-0.39, 0.29) is 11.5 Å². The van der Waals surface area contributed by atoms with Gasteiger partial charge in [-0.3, -0.25) is 10.1 Å². The minimum Gasteiger partial charge on any atom is -0.354 e. The molecule has 0 atom stereocenters. The Morgan fingerprint density at radius 1 is 1.12 bits per heavy atom. The molecule has 140 valence electrons. The van der Waals surface area contributed by atoms with E-state index < -0.39 is 4.92 Å². The molecule has 1 N–H and O–H groups in total. The molecule has 0 amide bonds. The van der Waals surface area contributed by atoms with Crippen molar-refractivity contribution in [3.05, 3.63) is 46.3 Å². The highest BCUT2D eigenvalue weighted by molar-refractivity contribution is 5.74. The maximum atomic E-state index is 11.6. The Hall–Kier alpha value is -2.70. The summed E-state index contributed by atoms with van der Waals surface area (Å²) in [5, 5.41) is 14.7. The maximum Gasteiger partial charge on any atom is 0.353 e. The van der Waals surface area contributed by atoms with Crippen molar-refractivity contribution in [2.45, 2.75) is 46.0 Å². The molecule has 7 nitrogen and oxygen atoms in total. The Kier molecular flexibility index (Phi) is 7.32. The SMILES string of the molecule is CCCCc1ccc(Nc2ncnc(N(C)CCCC)c2[N+](=O)[O-])cc1. The second-order valence-electron chi connectivity index (χ2n) is 6.35. The van der Waals surface area contributed by atoms with Crippen molar-refractivity contribution in [2.75, 3.05) is 23.8 Å². The fourth-order valence-electron chi connectivity index (χ4n) is 2.68. The van der Waals surface area contributed by atoms with Crippen molar-refractivity contribution >= 4 is 23.0 Å². The number of hydrogen-bond donors (Lipinski definition) is 1. The van der Waals surface area contributed by atoms with Crippen molar-refractivity contribution < 1.29 is 4.92 Å². The normalized spacial score (nSPS) is 10.6. The lowest BCUT2D eigenvalue weighted by Gasteiger charge is -2.18. The monoisotopic (exact) mass is 357 g/mol. The van der Waals surface area contributed by atoms with Crippen molar-refractivity contribution in [3.8, 4) is 0 Å². The first-order valence-corrected chi connectivity index (χ1v) is 9.13. The van der Waals surface area contributed by atoms with Crippen molar-refractivity contribution in [1.82, 2.24) is 9.97 Å². The summed E-state index contributed by atoms with van der Waals surface area (Å²) in [5.74, 6) is 0.546. The third kappa shape index (κ3) is 5.15. The largest absolute Gasteiger partial charge is 0.354 e. The topological polar surface area (TPSA) is 84.2 Å². The average Bonchev–Trinajstić information content (AvgIpc) is 2.65. The molecule has 0 spiro atoms. The number of aryl methyl sites for hydroxylation is 1. The van der Waals surface area contributed by atoms with Gasteiger partial charge in [0.1, 0.15) is 6.33 Å². The van der Waals surface area contributed by atoms with Crippen molar-refractivity contribution in [1.29, 1.82) is 0 Å². The fraction of sp³-hybridized carbons (Fsp3) is 0.474. The third-order valence-corrected chi connectivity index (χ3v) is 4.23. The highest BCUT2D eigenvalue weighted by atomic mass is 16.6. The molecule has 0 aliphatic rings. The molecule has 7 heteroatoms. The van der Waals surface area contributed by atoms with Gasteiger partial charge in [0, 0.05) is 19.3 Å². The molecule has 1 heterocycles. The van der Waals surface area contributed by atoms with Crippen LogP contribution in [-0.4, -0.2) is 28.5 Å². The van der Waals surface area contributed by atoms with Gasteiger partial charge in [0.25, 0.3) is 0 Å². The Bertz CT molecular complexity index is 718. The van der Waals surface area contributed by atoms with Gasteiger partial charge in [-0.1, -0.05) is 38.8 Å². The van der Waals surface area contributed by atoms with Crippen LogP contribution in [0.3, 0.4) is 0 Å². The number of anilines is 3. The van der Waals surface area contributed by atoms with E-state index in [1.807, 2.05) is 36.2 Å². The first kappa shape index (κ1) is 19.6. The standard InChI is InChI=1S/C19H27N5O2/c1-4-6-8-15-9-11-16(12-10-15)22-18-17(24(25)26)19(21-14-20-18)23(3)13-7-5-2/h9-12,14H,4-8,13H2,1-3H3,(H,20,21,22). The van der Waals surface area contributed by atoms with Gasteiger partial charge in [0.2, 0.25) is 11.6 Å². The minimum atomic E-state index is -0.421. The van der Waals surface area contributed by atoms with E-state index in [4.69, 9.17) is 0 Å². The molecule has 0 saturated heterocycles. The number of nitrogens with zero attached hydrogens (tertiary/aromatic N) is 4. The number of hydrogen-bond acceptors (Lipinski definition) is 6. The van der Waals surface area contributed by atoms with E-state index in [1.54, 1.807) is 0 Å². The predicted octanol–water partition coefficient (Wildman–Crippen LogP) is 4.71. The van der Waals surface area contributed by atoms with Crippen LogP contribution in [0.2, 0.25) is 0 Å². The van der Waals surface area contributed by atoms with E-state index in [9.17, 15) is 10.1 Å². The fourth-order valence-corrected chi connectivity index (χ4v) is 2.68. The number of rotatable bonds is 10. The Morgan fingerprint density at radius 3 is 2.42 bits per heavy atom. The minimum absolute atomic E-state index is 0.0961. The average molecular weight is 357 g/mol. The van der Waals surface area contributed by atoms with Gasteiger partial charge in [-0.05, 0) is 37.0 Å². The summed E-state index contributed by atoms with van der Waals surface area (Å²) in [4.78, 5) is 21.3. The van der Waals surface area contributed by atoms with Gasteiger partial charge < -0.3 is 10.2 Å². The van der Waals surface area contributed by atoms with Crippen LogP contribution in [0.25, 0.3) is 0 Å². The predicted molar refractivity (Wildman–Crippen MR) is 105 cm³/mol. The summed E-state index contributed by atoms with van der Waals surface area (Å²) < 4.78 is 0. The van der Waals surface area contributed by atoms with Crippen molar-refractivity contribution in [2.24, 2.45) is 0 Å². The molecule has 0 aliphatic heterocycles. The highest BCUT2D eigenvalue weighted by Gasteiger charge is 2.25. The smallest absolute Gasteiger partial charge is 0.353 e. The number of benzene rings is 1. The van der Waals surface area contributed by atoms with Crippen LogP contribution in [0.4, 0.5) is 23.0 Å². The van der Waals surface area contributed by atoms with Gasteiger partial charge in [0.15, 0.2) is 0 Å². The zero-order chi connectivity index (χ0) is 18.9. The van der Waals surface area contributed by atoms with E-state index in [0.717, 1.165) is 37.8 Å². The molecular weight excluding hydrogens is 330 g/mol. The molecule has 2 aromatic rings. The lowest BCUT2D eigenvalue weighted by atomic mass is 10.1. The number of nitrogens with one attached hydrogen (secondary N) is 1. The van der Waals surface area contributed by atoms with E-state index >= 15 is 0 Å². The van der Waals surface area contributed by atoms with Gasteiger partial charge >= 0.3 is 5.69 Å². The lowest BCUT2D eigenvalue weighted by Crippen LogP contribution is -2.21. The molecule has 0 aliphatic carbocycles. The molecular formula is C19H27N5O2. The van der Waals surface area contributed by atoms with Crippen LogP contribution in [0, 0.1) is 10.1 Å². The summed E-state index contributed by atoms with van der Waals surface area (Å²) in [5.41, 5.74) is 1.94. The second-order valence-corrected chi connectivity index (χ2v) is 6.35. The molecule has 0 fully saturated rings. The van der Waals surface area contributed by atoms with Gasteiger partial charge in [-0.2, -0.15) is 0 Å². The van der Waals surface area contributed by atoms with Crippen LogP contribution < -0.4 is 10.2 Å². The summed E-state index contributed by atoms with van der Waals surface area (Å²) in [6, 6.07) is 7.94. The van der Waals surface area contributed by atoms with Crippen molar-refractivity contribution in [3.63, 3.8) is 0 Å². The summed E-state index contributed by atoms with van der Waals surface area (Å²) >= 11 is 0. The molecule has 0 saturated carbocycles. The third-order valence-electron chi connectivity index (χ3n) is 4.23. The zero-order valence-corrected chi connectivity index (χ0v) is 15.7. The van der Waals surface area contributed by atoms with Gasteiger partial charge in [0.05, 0.1) is 4.92 Å². The van der Waals surface area contributed by atoms with Crippen LogP contribution in [0.15, 0.2) is 30.6 Å². The molecule has 0 unspecified atom stereocenters. The molecule has 26 heavy (non-hydrogen) atoms. The van der Waals surface area contributed by atoms with Crippen LogP contribution in [-0.2, 0) is 6.42 Å². The highest BCUT2D eigenvalue weighted by Crippen LogP contribution is 2.33. The second kappa shape index (κ2) is 9.70. The molecule has 1 aromatic heterocycles. The van der Waals surface area contributed by atoms with E-state index in [2.05, 4.69) is 29.1 Å². The summed E-state index contributed by atoms with van der Waals surface area (Å²) in [6.45, 7) is 4.96. The molecule has 0 bridgehead atoms. The van der Waals surface area contributed by atoms with Crippen LogP contribution in [0.5, 0.6) is 0 Å². The first-order valence-electron chi connectivity index (χ1n) is 9.13. The first-order chi connectivity index (χ1) is 12.6. The molecule has 0 radical (unpaired) electrons. The lowest BCUT2D eigenvalue weighted by molar-refractivity contribution is -0.383. The number of nitro groups is 1. The maximum absolute atomic E-state index is 11.6. The van der Waals surface area contributed by atoms with Gasteiger partial charge in [-0.25, -0.2) is 9.97 Å². The van der Waals surface area contributed by atoms with E-state index in [0.29, 0.717) is 12.4 Å². The quantitative estimate of drug-likeness (QED) is 0.490. The Morgan fingerprint density at radius 2 is 1.81 bits per heavy atom. The summed E-state index contributed by atoms with van der Waals surface area (Å²) in [6.07, 6.45) is 6.66. The number of unbranched alkanes of at least 4 members (excludes halogenated alkanes) is 2. The van der Waals surface area contributed by atoms with Gasteiger partial charge in [-0.15, -0.1) is 0 Å².